The fourth-order valence-corrected chi connectivity index (χ4v) is 1.53. The second-order valence-corrected chi connectivity index (χ2v) is 3.74. The minimum atomic E-state index is -0.888. The lowest BCUT2D eigenvalue weighted by molar-refractivity contribution is -0.132. The monoisotopic (exact) mass is 204 g/mol. The molecule has 0 bridgehead atoms. The number of phenolic OH excluding ortho intramolecular Hbond substituents is 1. The molecule has 1 aromatic rings. The smallest absolute Gasteiger partial charge is 0.331 e. The van der Waals surface area contributed by atoms with Crippen molar-refractivity contribution in [2.45, 2.75) is 12.8 Å². The summed E-state index contributed by atoms with van der Waals surface area (Å²) in [6, 6.07) is 6.75. The molecule has 1 fully saturated rings. The number of carboxylic acids is 1. The molecule has 78 valence electrons. The van der Waals surface area contributed by atoms with Crippen molar-refractivity contribution < 1.29 is 15.0 Å². The van der Waals surface area contributed by atoms with Crippen molar-refractivity contribution in [3.63, 3.8) is 0 Å². The summed E-state index contributed by atoms with van der Waals surface area (Å²) in [6.45, 7) is 0. The van der Waals surface area contributed by atoms with Gasteiger partial charge >= 0.3 is 5.97 Å². The highest BCUT2D eigenvalue weighted by Crippen LogP contribution is 2.38. The second kappa shape index (κ2) is 3.77. The lowest BCUT2D eigenvalue weighted by Gasteiger charge is -2.01. The summed E-state index contributed by atoms with van der Waals surface area (Å²) in [4.78, 5) is 10.9. The molecule has 0 spiro atoms. The Balaban J connectivity index is 2.34. The average Bonchev–Trinajstić information content (AvgIpc) is 2.99. The molecule has 0 radical (unpaired) electrons. The van der Waals surface area contributed by atoms with Crippen molar-refractivity contribution in [3.05, 3.63) is 35.4 Å². The van der Waals surface area contributed by atoms with E-state index in [9.17, 15) is 9.90 Å². The Hall–Kier alpha value is -1.77. The summed E-state index contributed by atoms with van der Waals surface area (Å²) < 4.78 is 0. The number of aliphatic carboxylic acids is 1. The predicted molar refractivity (Wildman–Crippen MR) is 56.4 cm³/mol. The van der Waals surface area contributed by atoms with E-state index in [4.69, 9.17) is 5.11 Å². The summed E-state index contributed by atoms with van der Waals surface area (Å²) in [7, 11) is 0. The van der Waals surface area contributed by atoms with Crippen molar-refractivity contribution in [1.82, 2.24) is 0 Å². The number of carboxylic acid groups (broad SMARTS) is 1. The maximum atomic E-state index is 10.9. The molecule has 0 aromatic heterocycles. The van der Waals surface area contributed by atoms with Gasteiger partial charge in [0.25, 0.3) is 0 Å². The molecular formula is C12H12O3. The highest BCUT2D eigenvalue weighted by Gasteiger charge is 2.30. The third kappa shape index (κ3) is 2.18. The van der Waals surface area contributed by atoms with Gasteiger partial charge in [0.1, 0.15) is 5.75 Å². The van der Waals surface area contributed by atoms with Gasteiger partial charge in [0.15, 0.2) is 0 Å². The van der Waals surface area contributed by atoms with Crippen LogP contribution in [0.2, 0.25) is 0 Å². The van der Waals surface area contributed by atoms with Gasteiger partial charge in [0.2, 0.25) is 0 Å². The van der Waals surface area contributed by atoms with E-state index in [1.165, 1.54) is 0 Å². The van der Waals surface area contributed by atoms with Crippen LogP contribution in [0.3, 0.4) is 0 Å². The lowest BCUT2D eigenvalue weighted by atomic mass is 10.1. The minimum Gasteiger partial charge on any atom is -0.507 e. The predicted octanol–water partition coefficient (Wildman–Crippen LogP) is 2.27. The molecule has 2 N–H and O–H groups in total. The van der Waals surface area contributed by atoms with E-state index >= 15 is 0 Å². The van der Waals surface area contributed by atoms with Gasteiger partial charge in [-0.15, -0.1) is 0 Å². The Morgan fingerprint density at radius 3 is 2.53 bits per heavy atom. The van der Waals surface area contributed by atoms with Crippen molar-refractivity contribution in [1.29, 1.82) is 0 Å². The molecule has 0 saturated heterocycles. The molecule has 0 atom stereocenters. The molecule has 0 unspecified atom stereocenters. The number of benzene rings is 1. The van der Waals surface area contributed by atoms with Gasteiger partial charge in [0, 0.05) is 11.1 Å². The molecule has 2 rings (SSSR count). The molecule has 1 aliphatic carbocycles. The molecule has 15 heavy (non-hydrogen) atoms. The van der Waals surface area contributed by atoms with E-state index in [2.05, 4.69) is 0 Å². The van der Waals surface area contributed by atoms with Crippen LogP contribution in [0.1, 0.15) is 18.4 Å². The number of hydrogen-bond acceptors (Lipinski definition) is 2. The normalized spacial score (nSPS) is 16.4. The topological polar surface area (TPSA) is 57.5 Å². The first-order valence-electron chi connectivity index (χ1n) is 4.91. The van der Waals surface area contributed by atoms with Crippen LogP contribution in [0, 0.1) is 5.92 Å². The second-order valence-electron chi connectivity index (χ2n) is 3.74. The number of hydrogen-bond donors (Lipinski definition) is 2. The molecule has 0 heterocycles. The van der Waals surface area contributed by atoms with Crippen LogP contribution in [-0.2, 0) is 4.79 Å². The molecular weight excluding hydrogens is 192 g/mol. The summed E-state index contributed by atoms with van der Waals surface area (Å²) in [5.41, 5.74) is 0.971. The average molecular weight is 204 g/mol. The number of carbonyl (C=O) groups is 1. The number of para-hydroxylation sites is 1. The quantitative estimate of drug-likeness (QED) is 0.742. The zero-order chi connectivity index (χ0) is 10.8. The van der Waals surface area contributed by atoms with Crippen molar-refractivity contribution in [2.24, 2.45) is 5.92 Å². The number of rotatable bonds is 3. The zero-order valence-corrected chi connectivity index (χ0v) is 8.18. The zero-order valence-electron chi connectivity index (χ0n) is 8.18. The highest BCUT2D eigenvalue weighted by molar-refractivity contribution is 5.93. The Morgan fingerprint density at radius 2 is 2.00 bits per heavy atom. The molecule has 0 amide bonds. The van der Waals surface area contributed by atoms with E-state index < -0.39 is 5.97 Å². The van der Waals surface area contributed by atoms with Crippen LogP contribution < -0.4 is 0 Å². The Kier molecular flexibility index (Phi) is 2.46. The van der Waals surface area contributed by atoms with Crippen molar-refractivity contribution >= 4 is 12.0 Å². The van der Waals surface area contributed by atoms with E-state index in [-0.39, 0.29) is 11.7 Å². The van der Waals surface area contributed by atoms with Crippen LogP contribution in [0.25, 0.3) is 6.08 Å². The lowest BCUT2D eigenvalue weighted by Crippen LogP contribution is -2.02. The van der Waals surface area contributed by atoms with Crippen LogP contribution in [0.5, 0.6) is 5.75 Å². The third-order valence-electron chi connectivity index (χ3n) is 2.51. The Labute approximate surface area is 87.7 Å². The number of phenols is 1. The van der Waals surface area contributed by atoms with E-state index in [0.29, 0.717) is 11.1 Å². The minimum absolute atomic E-state index is 0.122. The molecule has 0 aliphatic heterocycles. The van der Waals surface area contributed by atoms with E-state index in [1.54, 1.807) is 30.3 Å². The third-order valence-corrected chi connectivity index (χ3v) is 2.51. The number of aromatic hydroxyl groups is 1. The first-order valence-corrected chi connectivity index (χ1v) is 4.91. The Morgan fingerprint density at radius 1 is 1.33 bits per heavy atom. The largest absolute Gasteiger partial charge is 0.507 e. The van der Waals surface area contributed by atoms with Crippen LogP contribution in [0.15, 0.2) is 29.8 Å². The van der Waals surface area contributed by atoms with Crippen LogP contribution >= 0.6 is 0 Å². The Bertz CT molecular complexity index is 417. The first-order chi connectivity index (χ1) is 7.18. The van der Waals surface area contributed by atoms with Gasteiger partial charge in [-0.25, -0.2) is 4.79 Å². The van der Waals surface area contributed by atoms with E-state index in [1.807, 2.05) is 0 Å². The van der Waals surface area contributed by atoms with Gasteiger partial charge < -0.3 is 10.2 Å². The maximum absolute atomic E-state index is 10.9. The SMILES string of the molecule is O=C(O)/C(=C\c1ccccc1O)C1CC1. The molecule has 1 aromatic carbocycles. The van der Waals surface area contributed by atoms with Gasteiger partial charge in [-0.05, 0) is 30.9 Å². The van der Waals surface area contributed by atoms with Gasteiger partial charge in [-0.1, -0.05) is 18.2 Å². The maximum Gasteiger partial charge on any atom is 0.331 e. The summed E-state index contributed by atoms with van der Waals surface area (Å²) in [6.07, 6.45) is 3.44. The molecule has 3 nitrogen and oxygen atoms in total. The molecule has 1 saturated carbocycles. The fourth-order valence-electron chi connectivity index (χ4n) is 1.53. The molecule has 1 aliphatic rings. The fraction of sp³-hybridized carbons (Fsp3) is 0.250. The van der Waals surface area contributed by atoms with Gasteiger partial charge in [0.05, 0.1) is 0 Å². The first kappa shape index (κ1) is 9.77. The van der Waals surface area contributed by atoms with Crippen molar-refractivity contribution in [2.75, 3.05) is 0 Å². The summed E-state index contributed by atoms with van der Waals surface area (Å²) >= 11 is 0. The van der Waals surface area contributed by atoms with E-state index in [0.717, 1.165) is 12.8 Å². The molecule has 3 heteroatoms. The van der Waals surface area contributed by atoms with Gasteiger partial charge in [-0.2, -0.15) is 0 Å². The summed E-state index contributed by atoms with van der Waals surface area (Å²) in [5.74, 6) is -0.597. The van der Waals surface area contributed by atoms with Crippen LogP contribution in [-0.4, -0.2) is 16.2 Å². The summed E-state index contributed by atoms with van der Waals surface area (Å²) in [5, 5.41) is 18.5. The van der Waals surface area contributed by atoms with Crippen molar-refractivity contribution in [3.8, 4) is 5.75 Å². The standard InChI is InChI=1S/C12H12O3/c13-11-4-2-1-3-9(11)7-10(12(14)15)8-5-6-8/h1-4,7-8,13H,5-6H2,(H,14,15)/b10-7-. The highest BCUT2D eigenvalue weighted by atomic mass is 16.4. The van der Waals surface area contributed by atoms with Gasteiger partial charge in [-0.3, -0.25) is 0 Å². The van der Waals surface area contributed by atoms with Crippen LogP contribution in [0.4, 0.5) is 0 Å².